The fourth-order valence-corrected chi connectivity index (χ4v) is 1.48. The zero-order chi connectivity index (χ0) is 9.84. The first-order chi connectivity index (χ1) is 6.13. The maximum absolute atomic E-state index is 11.0. The summed E-state index contributed by atoms with van der Waals surface area (Å²) >= 11 is 5.13. The quantitative estimate of drug-likeness (QED) is 0.669. The molecule has 0 fully saturated rings. The smallest absolute Gasteiger partial charge is 0.147 e. The molecule has 0 amide bonds. The maximum Gasteiger partial charge on any atom is 0.147 e. The second kappa shape index (κ2) is 4.95. The molecule has 1 rings (SSSR count). The second-order valence-electron chi connectivity index (χ2n) is 2.63. The van der Waals surface area contributed by atoms with Gasteiger partial charge in [0, 0.05) is 6.42 Å². The first kappa shape index (κ1) is 11.0. The topological polar surface area (TPSA) is 37.3 Å². The van der Waals surface area contributed by atoms with Crippen molar-refractivity contribution in [2.75, 3.05) is 5.33 Å². The van der Waals surface area contributed by atoms with Crippen LogP contribution < -0.4 is 0 Å². The first-order valence-corrected chi connectivity index (χ1v) is 5.88. The molecule has 0 saturated carbocycles. The standard InChI is InChI=1S/C9H8BrIO2/c10-5-7(12)3-6-1-2-8(11)9(13)4-6/h1-2,4,13H,3,5H2. The number of phenols is 1. The van der Waals surface area contributed by atoms with Crippen molar-refractivity contribution < 1.29 is 9.90 Å². The minimum Gasteiger partial charge on any atom is -0.507 e. The van der Waals surface area contributed by atoms with E-state index in [1.54, 1.807) is 12.1 Å². The van der Waals surface area contributed by atoms with Crippen LogP contribution in [0.4, 0.5) is 0 Å². The van der Waals surface area contributed by atoms with Gasteiger partial charge in [0.05, 0.1) is 8.90 Å². The molecule has 0 aliphatic carbocycles. The number of alkyl halides is 1. The average Bonchev–Trinajstić information content (AvgIpc) is 2.11. The van der Waals surface area contributed by atoms with Crippen molar-refractivity contribution in [1.29, 1.82) is 0 Å². The largest absolute Gasteiger partial charge is 0.507 e. The summed E-state index contributed by atoms with van der Waals surface area (Å²) in [5.74, 6) is 0.348. The molecular formula is C9H8BrIO2. The average molecular weight is 355 g/mol. The molecule has 0 saturated heterocycles. The van der Waals surface area contributed by atoms with E-state index >= 15 is 0 Å². The van der Waals surface area contributed by atoms with Crippen LogP contribution in [0, 0.1) is 3.57 Å². The Morgan fingerprint density at radius 2 is 2.23 bits per heavy atom. The van der Waals surface area contributed by atoms with Gasteiger partial charge in [0.25, 0.3) is 0 Å². The highest BCUT2D eigenvalue weighted by atomic mass is 127. The number of aromatic hydroxyl groups is 1. The fraction of sp³-hybridized carbons (Fsp3) is 0.222. The molecule has 0 aromatic heterocycles. The Hall–Kier alpha value is -0.100. The summed E-state index contributed by atoms with van der Waals surface area (Å²) in [6.45, 7) is 0. The SMILES string of the molecule is O=C(CBr)Cc1ccc(I)c(O)c1. The number of rotatable bonds is 3. The molecule has 1 N–H and O–H groups in total. The summed E-state index contributed by atoms with van der Waals surface area (Å²) in [6.07, 6.45) is 0.371. The van der Waals surface area contributed by atoms with Gasteiger partial charge in [0.1, 0.15) is 11.5 Å². The summed E-state index contributed by atoms with van der Waals surface area (Å²) < 4.78 is 0.799. The highest BCUT2D eigenvalue weighted by Gasteiger charge is 2.04. The monoisotopic (exact) mass is 354 g/mol. The van der Waals surface area contributed by atoms with Gasteiger partial charge in [-0.05, 0) is 40.3 Å². The normalized spacial score (nSPS) is 10.0. The molecule has 0 aliphatic heterocycles. The second-order valence-corrected chi connectivity index (χ2v) is 4.36. The third-order valence-corrected chi connectivity index (χ3v) is 3.10. The Labute approximate surface area is 98.6 Å². The third kappa shape index (κ3) is 3.27. The van der Waals surface area contributed by atoms with Gasteiger partial charge in [-0.3, -0.25) is 4.79 Å². The van der Waals surface area contributed by atoms with Gasteiger partial charge < -0.3 is 5.11 Å². The van der Waals surface area contributed by atoms with E-state index in [4.69, 9.17) is 0 Å². The van der Waals surface area contributed by atoms with Crippen LogP contribution in [0.2, 0.25) is 0 Å². The number of hydrogen-bond acceptors (Lipinski definition) is 2. The van der Waals surface area contributed by atoms with Gasteiger partial charge in [0.15, 0.2) is 0 Å². The van der Waals surface area contributed by atoms with Crippen molar-refractivity contribution in [3.8, 4) is 5.75 Å². The molecule has 0 bridgehead atoms. The van der Waals surface area contributed by atoms with Crippen molar-refractivity contribution in [2.24, 2.45) is 0 Å². The van der Waals surface area contributed by atoms with Gasteiger partial charge in [-0.15, -0.1) is 0 Å². The van der Waals surface area contributed by atoms with Gasteiger partial charge in [0.2, 0.25) is 0 Å². The zero-order valence-corrected chi connectivity index (χ0v) is 10.5. The van der Waals surface area contributed by atoms with Crippen molar-refractivity contribution >= 4 is 44.3 Å². The Balaban J connectivity index is 2.79. The van der Waals surface area contributed by atoms with Crippen LogP contribution in [0.5, 0.6) is 5.75 Å². The van der Waals surface area contributed by atoms with E-state index in [1.165, 1.54) is 0 Å². The lowest BCUT2D eigenvalue weighted by Gasteiger charge is -2.01. The number of Topliss-reactive ketones (excluding diaryl/α,β-unsaturated/α-hetero) is 1. The highest BCUT2D eigenvalue weighted by molar-refractivity contribution is 14.1. The van der Waals surface area contributed by atoms with Gasteiger partial charge >= 0.3 is 0 Å². The van der Waals surface area contributed by atoms with Crippen LogP contribution in [0.25, 0.3) is 0 Å². The Bertz CT molecular complexity index is 325. The molecular weight excluding hydrogens is 347 g/mol. The molecule has 4 heteroatoms. The van der Waals surface area contributed by atoms with Crippen LogP contribution in [-0.4, -0.2) is 16.2 Å². The number of halogens is 2. The molecule has 0 radical (unpaired) electrons. The van der Waals surface area contributed by atoms with E-state index in [0.717, 1.165) is 9.13 Å². The third-order valence-electron chi connectivity index (χ3n) is 1.56. The number of phenolic OH excluding ortho intramolecular Hbond substituents is 1. The highest BCUT2D eigenvalue weighted by Crippen LogP contribution is 2.20. The summed E-state index contributed by atoms with van der Waals surface area (Å²) in [4.78, 5) is 11.0. The molecule has 0 atom stereocenters. The zero-order valence-electron chi connectivity index (χ0n) is 6.76. The number of carbonyl (C=O) groups excluding carboxylic acids is 1. The van der Waals surface area contributed by atoms with E-state index in [1.807, 2.05) is 28.7 Å². The molecule has 0 unspecified atom stereocenters. The van der Waals surface area contributed by atoms with Crippen LogP contribution in [-0.2, 0) is 11.2 Å². The number of hydrogen-bond donors (Lipinski definition) is 1. The van der Waals surface area contributed by atoms with Gasteiger partial charge in [-0.1, -0.05) is 22.0 Å². The van der Waals surface area contributed by atoms with Gasteiger partial charge in [-0.2, -0.15) is 0 Å². The molecule has 1 aromatic rings. The fourth-order valence-electron chi connectivity index (χ4n) is 0.943. The molecule has 0 aliphatic rings. The summed E-state index contributed by atoms with van der Waals surface area (Å²) in [6, 6.07) is 5.27. The van der Waals surface area contributed by atoms with E-state index in [-0.39, 0.29) is 11.5 Å². The maximum atomic E-state index is 11.0. The van der Waals surface area contributed by atoms with Crippen LogP contribution >= 0.6 is 38.5 Å². The Kier molecular flexibility index (Phi) is 4.18. The van der Waals surface area contributed by atoms with Gasteiger partial charge in [-0.25, -0.2) is 0 Å². The summed E-state index contributed by atoms with van der Waals surface area (Å²) in [5, 5.41) is 9.72. The lowest BCUT2D eigenvalue weighted by Crippen LogP contribution is -2.03. The molecule has 0 heterocycles. The predicted octanol–water partition coefficient (Wildman–Crippen LogP) is 2.50. The van der Waals surface area contributed by atoms with Crippen molar-refractivity contribution in [3.63, 3.8) is 0 Å². The van der Waals surface area contributed by atoms with E-state index in [0.29, 0.717) is 11.8 Å². The van der Waals surface area contributed by atoms with E-state index in [9.17, 15) is 9.90 Å². The minimum atomic E-state index is 0.112. The summed E-state index contributed by atoms with van der Waals surface area (Å²) in [7, 11) is 0. The molecule has 13 heavy (non-hydrogen) atoms. The van der Waals surface area contributed by atoms with E-state index in [2.05, 4.69) is 15.9 Å². The Morgan fingerprint density at radius 1 is 1.54 bits per heavy atom. The van der Waals surface area contributed by atoms with Crippen molar-refractivity contribution in [3.05, 3.63) is 27.3 Å². The number of carbonyl (C=O) groups is 1. The minimum absolute atomic E-state index is 0.112. The molecule has 0 spiro atoms. The molecule has 2 nitrogen and oxygen atoms in total. The lowest BCUT2D eigenvalue weighted by atomic mass is 10.1. The predicted molar refractivity (Wildman–Crippen MR) is 63.3 cm³/mol. The molecule has 70 valence electrons. The van der Waals surface area contributed by atoms with Crippen molar-refractivity contribution in [1.82, 2.24) is 0 Å². The lowest BCUT2D eigenvalue weighted by molar-refractivity contribution is -0.115. The van der Waals surface area contributed by atoms with Crippen LogP contribution in [0.15, 0.2) is 18.2 Å². The summed E-state index contributed by atoms with van der Waals surface area (Å²) in [5.41, 5.74) is 0.849. The molecule has 1 aromatic carbocycles. The van der Waals surface area contributed by atoms with Crippen LogP contribution in [0.3, 0.4) is 0 Å². The first-order valence-electron chi connectivity index (χ1n) is 3.68. The Morgan fingerprint density at radius 3 is 2.77 bits per heavy atom. The van der Waals surface area contributed by atoms with E-state index < -0.39 is 0 Å². The number of benzene rings is 1. The van der Waals surface area contributed by atoms with Crippen LogP contribution in [0.1, 0.15) is 5.56 Å². The number of ketones is 1. The van der Waals surface area contributed by atoms with Crippen molar-refractivity contribution in [2.45, 2.75) is 6.42 Å².